The number of halogens is 2. The van der Waals surface area contributed by atoms with Gasteiger partial charge in [0, 0.05) is 37.8 Å². The van der Waals surface area contributed by atoms with Gasteiger partial charge in [-0.1, -0.05) is 50.6 Å². The molecule has 1 aliphatic rings. The molecule has 40 heavy (non-hydrogen) atoms. The SMILES string of the molecule is CCCCN1CCc2ccc(C(=O)N[C@@H](Cc3cc(F)cc(F)c3)[C@H](O)CNCc3cccc(CC)c3)cc2C1. The van der Waals surface area contributed by atoms with Crippen molar-refractivity contribution < 1.29 is 18.7 Å². The molecule has 3 N–H and O–H groups in total. The first-order valence-corrected chi connectivity index (χ1v) is 14.4. The largest absolute Gasteiger partial charge is 0.390 e. The van der Waals surface area contributed by atoms with Crippen LogP contribution >= 0.6 is 0 Å². The molecule has 5 nitrogen and oxygen atoms in total. The van der Waals surface area contributed by atoms with E-state index in [1.54, 1.807) is 0 Å². The van der Waals surface area contributed by atoms with Crippen LogP contribution in [0.4, 0.5) is 8.78 Å². The third kappa shape index (κ3) is 8.43. The van der Waals surface area contributed by atoms with Gasteiger partial charge in [-0.2, -0.15) is 0 Å². The molecule has 0 aliphatic carbocycles. The van der Waals surface area contributed by atoms with Crippen LogP contribution < -0.4 is 10.6 Å². The van der Waals surface area contributed by atoms with Crippen LogP contribution in [0, 0.1) is 11.6 Å². The van der Waals surface area contributed by atoms with Crippen molar-refractivity contribution in [2.45, 2.75) is 71.2 Å². The summed E-state index contributed by atoms with van der Waals surface area (Å²) < 4.78 is 27.8. The Morgan fingerprint density at radius 2 is 1.75 bits per heavy atom. The number of carbonyl (C=O) groups excluding carboxylic acids is 1. The number of aryl methyl sites for hydroxylation is 1. The average Bonchev–Trinajstić information content (AvgIpc) is 2.94. The number of amides is 1. The van der Waals surface area contributed by atoms with Crippen LogP contribution in [-0.4, -0.2) is 47.7 Å². The number of fused-ring (bicyclic) bond motifs is 1. The van der Waals surface area contributed by atoms with Gasteiger partial charge in [-0.3, -0.25) is 9.69 Å². The summed E-state index contributed by atoms with van der Waals surface area (Å²) in [6.45, 7) is 7.92. The fourth-order valence-electron chi connectivity index (χ4n) is 5.31. The number of hydrogen-bond donors (Lipinski definition) is 3. The van der Waals surface area contributed by atoms with Crippen LogP contribution in [0.2, 0.25) is 0 Å². The maximum Gasteiger partial charge on any atom is 0.251 e. The first-order valence-electron chi connectivity index (χ1n) is 14.4. The molecule has 1 amide bonds. The van der Waals surface area contributed by atoms with Crippen molar-refractivity contribution in [3.05, 3.63) is 106 Å². The molecule has 1 heterocycles. The van der Waals surface area contributed by atoms with E-state index in [9.17, 15) is 18.7 Å². The summed E-state index contributed by atoms with van der Waals surface area (Å²) in [6.07, 6.45) is 3.30. The molecule has 3 aromatic rings. The molecule has 4 rings (SSSR count). The van der Waals surface area contributed by atoms with Gasteiger partial charge in [0.25, 0.3) is 5.91 Å². The van der Waals surface area contributed by atoms with E-state index in [4.69, 9.17) is 0 Å². The number of rotatable bonds is 13. The molecular formula is C33H41F2N3O2. The molecule has 0 aromatic heterocycles. The summed E-state index contributed by atoms with van der Waals surface area (Å²) in [6, 6.07) is 16.5. The van der Waals surface area contributed by atoms with Crippen LogP contribution in [0.15, 0.2) is 60.7 Å². The minimum atomic E-state index is -0.980. The van der Waals surface area contributed by atoms with E-state index in [0.29, 0.717) is 17.7 Å². The number of benzene rings is 3. The summed E-state index contributed by atoms with van der Waals surface area (Å²) in [5.41, 5.74) is 5.62. The summed E-state index contributed by atoms with van der Waals surface area (Å²) in [7, 11) is 0. The molecule has 0 unspecified atom stereocenters. The average molecular weight is 550 g/mol. The van der Waals surface area contributed by atoms with Gasteiger partial charge < -0.3 is 15.7 Å². The molecule has 3 aromatic carbocycles. The Morgan fingerprint density at radius 3 is 2.50 bits per heavy atom. The topological polar surface area (TPSA) is 64.6 Å². The van der Waals surface area contributed by atoms with Gasteiger partial charge in [-0.25, -0.2) is 8.78 Å². The number of unbranched alkanes of at least 4 members (excludes halogenated alkanes) is 1. The lowest BCUT2D eigenvalue weighted by molar-refractivity contribution is 0.0829. The summed E-state index contributed by atoms with van der Waals surface area (Å²) in [5.74, 6) is -1.69. The predicted octanol–water partition coefficient (Wildman–Crippen LogP) is 5.18. The highest BCUT2D eigenvalue weighted by Crippen LogP contribution is 2.21. The zero-order chi connectivity index (χ0) is 28.5. The molecule has 0 spiro atoms. The third-order valence-corrected chi connectivity index (χ3v) is 7.63. The zero-order valence-electron chi connectivity index (χ0n) is 23.6. The number of nitrogens with zero attached hydrogens (tertiary/aromatic N) is 1. The highest BCUT2D eigenvalue weighted by Gasteiger charge is 2.24. The molecule has 0 saturated heterocycles. The number of aliphatic hydroxyl groups is 1. The molecule has 0 saturated carbocycles. The standard InChI is InChI=1S/C33H41F2N3O2/c1-3-5-12-38-13-11-26-9-10-27(18-28(26)22-38)33(40)37-31(17-25-15-29(34)19-30(35)16-25)32(39)21-36-20-24-8-6-7-23(4-2)14-24/h6-10,14-16,18-19,31-32,36,39H,3-5,11-13,17,20-22H2,1-2H3,(H,37,40)/t31-,32+/m0/s1. The van der Waals surface area contributed by atoms with Crippen LogP contribution in [-0.2, 0) is 32.4 Å². The fraction of sp³-hybridized carbons (Fsp3) is 0.424. The van der Waals surface area contributed by atoms with E-state index in [2.05, 4.69) is 41.5 Å². The number of aliphatic hydroxyl groups excluding tert-OH is 1. The minimum absolute atomic E-state index is 0.0876. The van der Waals surface area contributed by atoms with Gasteiger partial charge in [0.2, 0.25) is 0 Å². The van der Waals surface area contributed by atoms with Gasteiger partial charge in [0.15, 0.2) is 0 Å². The molecule has 1 aliphatic heterocycles. The highest BCUT2D eigenvalue weighted by molar-refractivity contribution is 5.94. The van der Waals surface area contributed by atoms with Crippen molar-refractivity contribution >= 4 is 5.91 Å². The van der Waals surface area contributed by atoms with Crippen molar-refractivity contribution in [3.63, 3.8) is 0 Å². The monoisotopic (exact) mass is 549 g/mol. The molecule has 214 valence electrons. The van der Waals surface area contributed by atoms with E-state index in [1.165, 1.54) is 23.3 Å². The van der Waals surface area contributed by atoms with Crippen molar-refractivity contribution in [2.24, 2.45) is 0 Å². The Balaban J connectivity index is 1.46. The molecule has 0 fully saturated rings. The van der Waals surface area contributed by atoms with E-state index in [0.717, 1.165) is 62.5 Å². The second kappa shape index (κ2) is 14.5. The summed E-state index contributed by atoms with van der Waals surface area (Å²) in [4.78, 5) is 15.8. The van der Waals surface area contributed by atoms with Crippen LogP contribution in [0.5, 0.6) is 0 Å². The quantitative estimate of drug-likeness (QED) is 0.275. The smallest absolute Gasteiger partial charge is 0.251 e. The van der Waals surface area contributed by atoms with Crippen LogP contribution in [0.1, 0.15) is 64.9 Å². The summed E-state index contributed by atoms with van der Waals surface area (Å²) >= 11 is 0. The van der Waals surface area contributed by atoms with E-state index < -0.39 is 23.8 Å². The van der Waals surface area contributed by atoms with E-state index >= 15 is 0 Å². The number of hydrogen-bond acceptors (Lipinski definition) is 4. The normalized spacial score (nSPS) is 14.9. The van der Waals surface area contributed by atoms with Gasteiger partial charge in [-0.15, -0.1) is 0 Å². The Labute approximate surface area is 236 Å². The second-order valence-corrected chi connectivity index (χ2v) is 10.8. The summed E-state index contributed by atoms with van der Waals surface area (Å²) in [5, 5.41) is 17.3. The van der Waals surface area contributed by atoms with Gasteiger partial charge >= 0.3 is 0 Å². The van der Waals surface area contributed by atoms with Gasteiger partial charge in [0.1, 0.15) is 11.6 Å². The zero-order valence-corrected chi connectivity index (χ0v) is 23.6. The minimum Gasteiger partial charge on any atom is -0.390 e. The number of nitrogens with one attached hydrogen (secondary N) is 2. The third-order valence-electron chi connectivity index (χ3n) is 7.63. The Hall–Kier alpha value is -3.13. The van der Waals surface area contributed by atoms with Crippen LogP contribution in [0.25, 0.3) is 0 Å². The predicted molar refractivity (Wildman–Crippen MR) is 155 cm³/mol. The Kier molecular flexibility index (Phi) is 10.8. The maximum absolute atomic E-state index is 13.9. The highest BCUT2D eigenvalue weighted by atomic mass is 19.1. The number of carbonyl (C=O) groups is 1. The maximum atomic E-state index is 13.9. The Morgan fingerprint density at radius 1 is 0.975 bits per heavy atom. The van der Waals surface area contributed by atoms with Gasteiger partial charge in [-0.05, 0) is 84.3 Å². The first-order chi connectivity index (χ1) is 19.3. The van der Waals surface area contributed by atoms with Crippen molar-refractivity contribution in [1.82, 2.24) is 15.5 Å². The van der Waals surface area contributed by atoms with E-state index in [-0.39, 0.29) is 18.9 Å². The molecule has 7 heteroatoms. The van der Waals surface area contributed by atoms with Crippen LogP contribution in [0.3, 0.4) is 0 Å². The van der Waals surface area contributed by atoms with Crippen molar-refractivity contribution in [2.75, 3.05) is 19.6 Å². The molecule has 2 atom stereocenters. The lowest BCUT2D eigenvalue weighted by Crippen LogP contribution is -2.48. The lowest BCUT2D eigenvalue weighted by Gasteiger charge is -2.29. The first kappa shape index (κ1) is 29.8. The van der Waals surface area contributed by atoms with Crippen molar-refractivity contribution in [3.8, 4) is 0 Å². The fourth-order valence-corrected chi connectivity index (χ4v) is 5.31. The Bertz CT molecular complexity index is 1260. The molecule has 0 radical (unpaired) electrons. The van der Waals surface area contributed by atoms with Gasteiger partial charge in [0.05, 0.1) is 12.1 Å². The second-order valence-electron chi connectivity index (χ2n) is 10.8. The van der Waals surface area contributed by atoms with Crippen molar-refractivity contribution in [1.29, 1.82) is 0 Å². The van der Waals surface area contributed by atoms with E-state index in [1.807, 2.05) is 30.3 Å². The lowest BCUT2D eigenvalue weighted by atomic mass is 9.96. The molecule has 0 bridgehead atoms. The molecular weight excluding hydrogens is 508 g/mol.